The first-order valence-electron chi connectivity index (χ1n) is 5.44. The van der Waals surface area contributed by atoms with Gasteiger partial charge >= 0.3 is 0 Å². The number of nitrogens with one attached hydrogen (secondary N) is 2. The third-order valence-corrected chi connectivity index (χ3v) is 2.40. The number of phenols is 1. The summed E-state index contributed by atoms with van der Waals surface area (Å²) in [5.41, 5.74) is 0.443. The number of carbonyl (C=O) groups excluding carboxylic acids is 1. The minimum Gasteiger partial charge on any atom is -0.506 e. The molecule has 0 spiro atoms. The molecule has 0 fully saturated rings. The highest BCUT2D eigenvalue weighted by Crippen LogP contribution is 2.20. The van der Waals surface area contributed by atoms with Crippen molar-refractivity contribution in [3.8, 4) is 5.75 Å². The van der Waals surface area contributed by atoms with E-state index in [4.69, 9.17) is 0 Å². The van der Waals surface area contributed by atoms with E-state index in [1.54, 1.807) is 18.2 Å². The van der Waals surface area contributed by atoms with Crippen molar-refractivity contribution >= 4 is 11.6 Å². The van der Waals surface area contributed by atoms with Crippen molar-refractivity contribution in [2.75, 3.05) is 11.9 Å². The van der Waals surface area contributed by atoms with E-state index < -0.39 is 0 Å². The van der Waals surface area contributed by atoms with Gasteiger partial charge in [-0.2, -0.15) is 0 Å². The SMILES string of the molecule is CCC(C)NCC(=O)Nc1ccccc1O. The Bertz CT molecular complexity index is 353. The Kier molecular flexibility index (Phi) is 4.79. The second kappa shape index (κ2) is 6.12. The quantitative estimate of drug-likeness (QED) is 0.665. The lowest BCUT2D eigenvalue weighted by Crippen LogP contribution is -2.33. The van der Waals surface area contributed by atoms with Crippen LogP contribution < -0.4 is 10.6 Å². The number of amides is 1. The molecule has 0 heterocycles. The summed E-state index contributed by atoms with van der Waals surface area (Å²) < 4.78 is 0. The highest BCUT2D eigenvalue weighted by molar-refractivity contribution is 5.93. The normalized spacial score (nSPS) is 12.1. The molecule has 4 heteroatoms. The van der Waals surface area contributed by atoms with E-state index in [0.717, 1.165) is 6.42 Å². The molecule has 1 rings (SSSR count). The maximum atomic E-state index is 11.5. The Balaban J connectivity index is 2.43. The van der Waals surface area contributed by atoms with E-state index in [1.165, 1.54) is 6.07 Å². The standard InChI is InChI=1S/C12H18N2O2/c1-3-9(2)13-8-12(16)14-10-6-4-5-7-11(10)15/h4-7,9,13,15H,3,8H2,1-2H3,(H,14,16). The van der Waals surface area contributed by atoms with Crippen molar-refractivity contribution in [1.29, 1.82) is 0 Å². The summed E-state index contributed by atoms with van der Waals surface area (Å²) in [6.07, 6.45) is 0.976. The Morgan fingerprint density at radius 1 is 1.44 bits per heavy atom. The highest BCUT2D eigenvalue weighted by Gasteiger charge is 2.06. The Labute approximate surface area is 95.7 Å². The first-order valence-corrected chi connectivity index (χ1v) is 5.44. The number of benzene rings is 1. The van der Waals surface area contributed by atoms with E-state index >= 15 is 0 Å². The van der Waals surface area contributed by atoms with Crippen LogP contribution >= 0.6 is 0 Å². The van der Waals surface area contributed by atoms with Gasteiger partial charge in [0.05, 0.1) is 12.2 Å². The Morgan fingerprint density at radius 2 is 2.12 bits per heavy atom. The summed E-state index contributed by atoms with van der Waals surface area (Å²) in [5, 5.41) is 15.2. The van der Waals surface area contributed by atoms with Crippen molar-refractivity contribution in [3.05, 3.63) is 24.3 Å². The molecule has 1 aromatic rings. The van der Waals surface area contributed by atoms with Crippen LogP contribution in [0, 0.1) is 0 Å². The third kappa shape index (κ3) is 3.90. The average Bonchev–Trinajstić information content (AvgIpc) is 2.29. The summed E-state index contributed by atoms with van der Waals surface area (Å²) >= 11 is 0. The fraction of sp³-hybridized carbons (Fsp3) is 0.417. The van der Waals surface area contributed by atoms with Crippen molar-refractivity contribution < 1.29 is 9.90 Å². The summed E-state index contributed by atoms with van der Waals surface area (Å²) in [4.78, 5) is 11.5. The molecule has 1 amide bonds. The lowest BCUT2D eigenvalue weighted by Gasteiger charge is -2.11. The summed E-state index contributed by atoms with van der Waals surface area (Å²) in [7, 11) is 0. The van der Waals surface area contributed by atoms with E-state index in [-0.39, 0.29) is 18.2 Å². The zero-order valence-electron chi connectivity index (χ0n) is 9.66. The van der Waals surface area contributed by atoms with Crippen LogP contribution in [0.1, 0.15) is 20.3 Å². The molecule has 1 unspecified atom stereocenters. The van der Waals surface area contributed by atoms with E-state index in [0.29, 0.717) is 11.7 Å². The lowest BCUT2D eigenvalue weighted by molar-refractivity contribution is -0.115. The van der Waals surface area contributed by atoms with Crippen LogP contribution in [0.25, 0.3) is 0 Å². The number of rotatable bonds is 5. The number of anilines is 1. The van der Waals surface area contributed by atoms with E-state index in [1.807, 2.05) is 6.92 Å². The molecular weight excluding hydrogens is 204 g/mol. The van der Waals surface area contributed by atoms with E-state index in [9.17, 15) is 9.90 Å². The maximum Gasteiger partial charge on any atom is 0.238 e. The van der Waals surface area contributed by atoms with Gasteiger partial charge in [0.15, 0.2) is 0 Å². The van der Waals surface area contributed by atoms with Crippen LogP contribution in [0.15, 0.2) is 24.3 Å². The van der Waals surface area contributed by atoms with Gasteiger partial charge in [0.2, 0.25) is 5.91 Å². The van der Waals surface area contributed by atoms with Crippen LogP contribution in [-0.2, 0) is 4.79 Å². The number of hydrogen-bond donors (Lipinski definition) is 3. The molecule has 0 saturated heterocycles. The van der Waals surface area contributed by atoms with Crippen LogP contribution in [-0.4, -0.2) is 23.6 Å². The van der Waals surface area contributed by atoms with Crippen molar-refractivity contribution in [1.82, 2.24) is 5.32 Å². The van der Waals surface area contributed by atoms with Crippen molar-refractivity contribution in [2.45, 2.75) is 26.3 Å². The summed E-state index contributed by atoms with van der Waals surface area (Å²) in [6.45, 7) is 4.33. The predicted octanol–water partition coefficient (Wildman–Crippen LogP) is 1.72. The zero-order chi connectivity index (χ0) is 12.0. The van der Waals surface area contributed by atoms with E-state index in [2.05, 4.69) is 17.6 Å². The minimum absolute atomic E-state index is 0.0828. The number of hydrogen-bond acceptors (Lipinski definition) is 3. The van der Waals surface area contributed by atoms with Crippen LogP contribution in [0.4, 0.5) is 5.69 Å². The molecule has 0 aliphatic rings. The zero-order valence-corrected chi connectivity index (χ0v) is 9.66. The molecule has 0 aliphatic carbocycles. The average molecular weight is 222 g/mol. The Hall–Kier alpha value is -1.55. The lowest BCUT2D eigenvalue weighted by atomic mass is 10.2. The fourth-order valence-electron chi connectivity index (χ4n) is 1.19. The minimum atomic E-state index is -0.151. The van der Waals surface area contributed by atoms with Gasteiger partial charge in [-0.1, -0.05) is 19.1 Å². The maximum absolute atomic E-state index is 11.5. The monoisotopic (exact) mass is 222 g/mol. The van der Waals surface area contributed by atoms with Gasteiger partial charge in [0.25, 0.3) is 0 Å². The molecule has 0 radical (unpaired) electrons. The predicted molar refractivity (Wildman–Crippen MR) is 64.5 cm³/mol. The number of aromatic hydroxyl groups is 1. The van der Waals surface area contributed by atoms with Gasteiger partial charge in [-0.3, -0.25) is 4.79 Å². The second-order valence-electron chi connectivity index (χ2n) is 3.76. The van der Waals surface area contributed by atoms with Crippen molar-refractivity contribution in [3.63, 3.8) is 0 Å². The van der Waals surface area contributed by atoms with Crippen LogP contribution in [0.5, 0.6) is 5.75 Å². The summed E-state index contributed by atoms with van der Waals surface area (Å²) in [6, 6.07) is 6.99. The first-order chi connectivity index (χ1) is 7.63. The topological polar surface area (TPSA) is 61.4 Å². The number of carbonyl (C=O) groups is 1. The van der Waals surface area contributed by atoms with Crippen LogP contribution in [0.2, 0.25) is 0 Å². The van der Waals surface area contributed by atoms with Gasteiger partial charge < -0.3 is 15.7 Å². The van der Waals surface area contributed by atoms with Gasteiger partial charge in [-0.25, -0.2) is 0 Å². The smallest absolute Gasteiger partial charge is 0.238 e. The second-order valence-corrected chi connectivity index (χ2v) is 3.76. The number of para-hydroxylation sites is 2. The fourth-order valence-corrected chi connectivity index (χ4v) is 1.19. The number of phenolic OH excluding ortho intramolecular Hbond substituents is 1. The third-order valence-electron chi connectivity index (χ3n) is 2.40. The van der Waals surface area contributed by atoms with Gasteiger partial charge in [0.1, 0.15) is 5.75 Å². The van der Waals surface area contributed by atoms with Gasteiger partial charge in [-0.15, -0.1) is 0 Å². The molecule has 0 aromatic heterocycles. The molecule has 4 nitrogen and oxygen atoms in total. The molecule has 1 atom stereocenters. The van der Waals surface area contributed by atoms with Crippen molar-refractivity contribution in [2.24, 2.45) is 0 Å². The molecule has 16 heavy (non-hydrogen) atoms. The molecule has 1 aromatic carbocycles. The Morgan fingerprint density at radius 3 is 2.75 bits per heavy atom. The molecular formula is C12H18N2O2. The van der Waals surface area contributed by atoms with Gasteiger partial charge in [-0.05, 0) is 25.5 Å². The molecule has 3 N–H and O–H groups in total. The molecule has 0 bridgehead atoms. The van der Waals surface area contributed by atoms with Gasteiger partial charge in [0, 0.05) is 6.04 Å². The van der Waals surface area contributed by atoms with Crippen LogP contribution in [0.3, 0.4) is 0 Å². The highest BCUT2D eigenvalue weighted by atomic mass is 16.3. The summed E-state index contributed by atoms with van der Waals surface area (Å²) in [5.74, 6) is -0.0683. The molecule has 0 saturated carbocycles. The largest absolute Gasteiger partial charge is 0.506 e. The first kappa shape index (κ1) is 12.5. The molecule has 0 aliphatic heterocycles. The molecule has 88 valence electrons.